The summed E-state index contributed by atoms with van der Waals surface area (Å²) in [6.07, 6.45) is 5.26. The third-order valence-electron chi connectivity index (χ3n) is 5.57. The van der Waals surface area contributed by atoms with Gasteiger partial charge in [-0.05, 0) is 62.4 Å². The number of aryl methyl sites for hydroxylation is 1. The van der Waals surface area contributed by atoms with Gasteiger partial charge in [0.2, 0.25) is 5.91 Å². The Morgan fingerprint density at radius 3 is 2.52 bits per heavy atom. The van der Waals surface area contributed by atoms with Crippen molar-refractivity contribution in [2.45, 2.75) is 38.6 Å². The lowest BCUT2D eigenvalue weighted by Crippen LogP contribution is -2.38. The van der Waals surface area contributed by atoms with E-state index in [2.05, 4.69) is 20.5 Å². The van der Waals surface area contributed by atoms with Crippen molar-refractivity contribution in [1.82, 2.24) is 10.3 Å². The topological polar surface area (TPSA) is 74.3 Å². The second-order valence-electron chi connectivity index (χ2n) is 7.86. The summed E-state index contributed by atoms with van der Waals surface area (Å²) in [4.78, 5) is 31.6. The maximum absolute atomic E-state index is 12.8. The minimum absolute atomic E-state index is 0.0107. The Kier molecular flexibility index (Phi) is 5.72. The van der Waals surface area contributed by atoms with Gasteiger partial charge in [-0.2, -0.15) is 0 Å². The molecule has 0 unspecified atom stereocenters. The fraction of sp³-hybridized carbons (Fsp3) is 0.409. The third-order valence-corrected chi connectivity index (χ3v) is 5.80. The first-order valence-corrected chi connectivity index (χ1v) is 10.5. The Hall–Kier alpha value is -2.60. The maximum atomic E-state index is 12.8. The molecular formula is C22H25ClN4O2. The average Bonchev–Trinajstić information content (AvgIpc) is 3.54. The van der Waals surface area contributed by atoms with Crippen LogP contribution in [-0.2, 0) is 4.79 Å². The summed E-state index contributed by atoms with van der Waals surface area (Å²) in [5, 5.41) is 6.64. The quantitative estimate of drug-likeness (QED) is 0.783. The molecule has 1 saturated heterocycles. The lowest BCUT2D eigenvalue weighted by atomic mass is 9.95. The second-order valence-corrected chi connectivity index (χ2v) is 8.30. The van der Waals surface area contributed by atoms with Crippen LogP contribution in [0.4, 0.5) is 11.5 Å². The van der Waals surface area contributed by atoms with Crippen LogP contribution in [-0.4, -0.2) is 35.9 Å². The van der Waals surface area contributed by atoms with Gasteiger partial charge >= 0.3 is 0 Å². The fourth-order valence-electron chi connectivity index (χ4n) is 3.55. The highest BCUT2D eigenvalue weighted by atomic mass is 35.5. The van der Waals surface area contributed by atoms with E-state index >= 15 is 0 Å². The van der Waals surface area contributed by atoms with Crippen molar-refractivity contribution in [1.29, 1.82) is 0 Å². The highest BCUT2D eigenvalue weighted by molar-refractivity contribution is 6.30. The minimum Gasteiger partial charge on any atom is -0.357 e. The molecule has 2 fully saturated rings. The average molecular weight is 413 g/mol. The van der Waals surface area contributed by atoms with E-state index in [-0.39, 0.29) is 17.7 Å². The molecule has 0 atom stereocenters. The molecule has 0 bridgehead atoms. The van der Waals surface area contributed by atoms with Gasteiger partial charge in [0.25, 0.3) is 5.91 Å². The van der Waals surface area contributed by atoms with Crippen molar-refractivity contribution in [3.8, 4) is 0 Å². The number of hydrogen-bond acceptors (Lipinski definition) is 4. The molecule has 2 aromatic rings. The number of rotatable bonds is 5. The van der Waals surface area contributed by atoms with Gasteiger partial charge in [0.15, 0.2) is 0 Å². The van der Waals surface area contributed by atoms with E-state index in [4.69, 9.17) is 11.6 Å². The molecule has 1 aromatic carbocycles. The van der Waals surface area contributed by atoms with E-state index in [0.717, 1.165) is 50.2 Å². The molecule has 152 valence electrons. The SMILES string of the molecule is Cc1ccc(C(=O)NC2CC2)cc1NC(=O)C1CCN(c2ccc(Cl)cn2)CC1. The zero-order chi connectivity index (χ0) is 20.4. The largest absolute Gasteiger partial charge is 0.357 e. The number of nitrogens with zero attached hydrogens (tertiary/aromatic N) is 2. The minimum atomic E-state index is -0.0771. The zero-order valence-corrected chi connectivity index (χ0v) is 17.2. The molecule has 1 aliphatic carbocycles. The molecule has 29 heavy (non-hydrogen) atoms. The summed E-state index contributed by atoms with van der Waals surface area (Å²) in [5.74, 6) is 0.767. The van der Waals surface area contributed by atoms with Crippen molar-refractivity contribution in [2.24, 2.45) is 5.92 Å². The first kappa shape index (κ1) is 19.7. The van der Waals surface area contributed by atoms with E-state index in [0.29, 0.717) is 22.3 Å². The van der Waals surface area contributed by atoms with Crippen LogP contribution < -0.4 is 15.5 Å². The fourth-order valence-corrected chi connectivity index (χ4v) is 3.67. The first-order valence-electron chi connectivity index (χ1n) is 10.1. The van der Waals surface area contributed by atoms with Crippen LogP contribution in [0.15, 0.2) is 36.5 Å². The summed E-state index contributed by atoms with van der Waals surface area (Å²) in [6, 6.07) is 9.51. The molecule has 4 rings (SSSR count). The molecular weight excluding hydrogens is 388 g/mol. The number of carbonyl (C=O) groups excluding carboxylic acids is 2. The zero-order valence-electron chi connectivity index (χ0n) is 16.5. The van der Waals surface area contributed by atoms with Crippen LogP contribution in [0.2, 0.25) is 5.02 Å². The monoisotopic (exact) mass is 412 g/mol. The van der Waals surface area contributed by atoms with Gasteiger partial charge in [-0.25, -0.2) is 4.98 Å². The number of carbonyl (C=O) groups is 2. The second kappa shape index (κ2) is 8.41. The van der Waals surface area contributed by atoms with E-state index in [9.17, 15) is 9.59 Å². The molecule has 2 amide bonds. The van der Waals surface area contributed by atoms with Crippen molar-refractivity contribution in [3.05, 3.63) is 52.7 Å². The predicted octanol–water partition coefficient (Wildman–Crippen LogP) is 3.79. The number of amides is 2. The Morgan fingerprint density at radius 1 is 1.10 bits per heavy atom. The van der Waals surface area contributed by atoms with E-state index in [1.807, 2.05) is 25.1 Å². The van der Waals surface area contributed by atoms with E-state index in [1.54, 1.807) is 18.3 Å². The maximum Gasteiger partial charge on any atom is 0.251 e. The molecule has 0 radical (unpaired) electrons. The standard InChI is InChI=1S/C22H25ClN4O2/c1-14-2-3-16(22(29)25-18-5-6-18)12-19(14)26-21(28)15-8-10-27(11-9-15)20-7-4-17(23)13-24-20/h2-4,7,12-13,15,18H,5-6,8-11H2,1H3,(H,25,29)(H,26,28). The number of hydrogen-bond donors (Lipinski definition) is 2. The van der Waals surface area contributed by atoms with Crippen LogP contribution >= 0.6 is 11.6 Å². The molecule has 7 heteroatoms. The predicted molar refractivity (Wildman–Crippen MR) is 114 cm³/mol. The molecule has 2 heterocycles. The highest BCUT2D eigenvalue weighted by Crippen LogP contribution is 2.25. The molecule has 0 spiro atoms. The molecule has 6 nitrogen and oxygen atoms in total. The number of halogens is 1. The van der Waals surface area contributed by atoms with Crippen molar-refractivity contribution in [2.75, 3.05) is 23.3 Å². The highest BCUT2D eigenvalue weighted by Gasteiger charge is 2.27. The number of anilines is 2. The smallest absolute Gasteiger partial charge is 0.251 e. The lowest BCUT2D eigenvalue weighted by molar-refractivity contribution is -0.120. The van der Waals surface area contributed by atoms with E-state index in [1.165, 1.54) is 0 Å². The van der Waals surface area contributed by atoms with Gasteiger partial charge in [0.05, 0.1) is 5.02 Å². The number of pyridine rings is 1. The summed E-state index contributed by atoms with van der Waals surface area (Å²) < 4.78 is 0. The van der Waals surface area contributed by atoms with Crippen molar-refractivity contribution >= 4 is 34.9 Å². The van der Waals surface area contributed by atoms with Gasteiger partial charge in [0.1, 0.15) is 5.82 Å². The first-order chi connectivity index (χ1) is 14.0. The van der Waals surface area contributed by atoms with Crippen molar-refractivity contribution < 1.29 is 9.59 Å². The normalized spacial score (nSPS) is 17.1. The molecule has 1 aliphatic heterocycles. The number of nitrogens with one attached hydrogen (secondary N) is 2. The van der Waals surface area contributed by atoms with Gasteiger partial charge in [0, 0.05) is 42.5 Å². The number of benzene rings is 1. The molecule has 2 aliphatic rings. The Morgan fingerprint density at radius 2 is 1.86 bits per heavy atom. The molecule has 1 aromatic heterocycles. The van der Waals surface area contributed by atoms with Gasteiger partial charge in [-0.1, -0.05) is 17.7 Å². The van der Waals surface area contributed by atoms with Crippen LogP contribution in [0, 0.1) is 12.8 Å². The van der Waals surface area contributed by atoms with Crippen LogP contribution in [0.3, 0.4) is 0 Å². The number of piperidine rings is 1. The summed E-state index contributed by atoms with van der Waals surface area (Å²) in [7, 11) is 0. The summed E-state index contributed by atoms with van der Waals surface area (Å²) >= 11 is 5.90. The van der Waals surface area contributed by atoms with Crippen LogP contribution in [0.25, 0.3) is 0 Å². The van der Waals surface area contributed by atoms with Gasteiger partial charge in [-0.3, -0.25) is 9.59 Å². The van der Waals surface area contributed by atoms with Crippen LogP contribution in [0.1, 0.15) is 41.6 Å². The summed E-state index contributed by atoms with van der Waals surface area (Å²) in [6.45, 7) is 3.48. The Labute approximate surface area is 175 Å². The lowest BCUT2D eigenvalue weighted by Gasteiger charge is -2.32. The molecule has 2 N–H and O–H groups in total. The van der Waals surface area contributed by atoms with Gasteiger partial charge in [-0.15, -0.1) is 0 Å². The Balaban J connectivity index is 1.35. The third kappa shape index (κ3) is 4.88. The summed E-state index contributed by atoms with van der Waals surface area (Å²) in [5.41, 5.74) is 2.24. The van der Waals surface area contributed by atoms with Crippen LogP contribution in [0.5, 0.6) is 0 Å². The van der Waals surface area contributed by atoms with Crippen molar-refractivity contribution in [3.63, 3.8) is 0 Å². The van der Waals surface area contributed by atoms with Gasteiger partial charge < -0.3 is 15.5 Å². The number of aromatic nitrogens is 1. The Bertz CT molecular complexity index is 904. The van der Waals surface area contributed by atoms with E-state index < -0.39 is 0 Å². The molecule has 1 saturated carbocycles.